The fourth-order valence-corrected chi connectivity index (χ4v) is 2.93. The number of benzene rings is 1. The van der Waals surface area contributed by atoms with Crippen molar-refractivity contribution in [3.63, 3.8) is 0 Å². The second-order valence-electron chi connectivity index (χ2n) is 4.94. The molecule has 3 aromatic rings. The van der Waals surface area contributed by atoms with Gasteiger partial charge in [0.15, 0.2) is 0 Å². The van der Waals surface area contributed by atoms with Gasteiger partial charge < -0.3 is 10.3 Å². The summed E-state index contributed by atoms with van der Waals surface area (Å²) >= 11 is 1.67. The van der Waals surface area contributed by atoms with Crippen LogP contribution in [-0.4, -0.2) is 15.0 Å². The van der Waals surface area contributed by atoms with Crippen LogP contribution >= 0.6 is 11.3 Å². The summed E-state index contributed by atoms with van der Waals surface area (Å²) in [4.78, 5) is 24.8. The zero-order valence-electron chi connectivity index (χ0n) is 11.9. The highest BCUT2D eigenvalue weighted by Crippen LogP contribution is 2.19. The molecule has 2 aromatic heterocycles. The van der Waals surface area contributed by atoms with Gasteiger partial charge in [0.05, 0.1) is 23.5 Å². The van der Waals surface area contributed by atoms with E-state index in [1.165, 1.54) is 4.88 Å². The maximum Gasteiger partial charge on any atom is 0.258 e. The Morgan fingerprint density at radius 2 is 2.19 bits per heavy atom. The molecule has 0 aliphatic rings. The number of hydrogen-bond acceptors (Lipinski definition) is 5. The zero-order chi connectivity index (χ0) is 14.8. The van der Waals surface area contributed by atoms with E-state index in [0.717, 1.165) is 10.5 Å². The van der Waals surface area contributed by atoms with Gasteiger partial charge in [-0.15, -0.1) is 11.3 Å². The fraction of sp³-hybridized carbons (Fsp3) is 0.267. The van der Waals surface area contributed by atoms with Gasteiger partial charge in [0.2, 0.25) is 0 Å². The molecule has 0 saturated carbocycles. The van der Waals surface area contributed by atoms with E-state index in [2.05, 4.69) is 27.2 Å². The summed E-state index contributed by atoms with van der Waals surface area (Å²) in [7, 11) is 0. The van der Waals surface area contributed by atoms with Crippen LogP contribution in [-0.2, 0) is 6.54 Å². The molecule has 0 amide bonds. The molecule has 6 heteroatoms. The molecule has 1 atom stereocenters. The molecule has 3 rings (SSSR count). The number of aryl methyl sites for hydroxylation is 1. The van der Waals surface area contributed by atoms with Gasteiger partial charge in [0, 0.05) is 11.1 Å². The highest BCUT2D eigenvalue weighted by molar-refractivity contribution is 7.11. The number of para-hydroxylation sites is 1. The van der Waals surface area contributed by atoms with E-state index in [1.54, 1.807) is 17.4 Å². The third kappa shape index (κ3) is 3.01. The number of aromatic nitrogens is 3. The SMILES string of the molecule is Cc1cnc(C(C)NCc2nc3ccccc3c(=O)[nH]2)s1. The zero-order valence-corrected chi connectivity index (χ0v) is 12.7. The molecule has 21 heavy (non-hydrogen) atoms. The first-order valence-corrected chi connectivity index (χ1v) is 7.59. The van der Waals surface area contributed by atoms with Crippen LogP contribution in [0.25, 0.3) is 10.9 Å². The van der Waals surface area contributed by atoms with Gasteiger partial charge in [-0.1, -0.05) is 12.1 Å². The Hall–Kier alpha value is -2.05. The van der Waals surface area contributed by atoms with E-state index in [4.69, 9.17) is 0 Å². The Kier molecular flexibility index (Phi) is 3.81. The summed E-state index contributed by atoms with van der Waals surface area (Å²) in [6.45, 7) is 4.59. The summed E-state index contributed by atoms with van der Waals surface area (Å²) in [5.74, 6) is 0.638. The molecule has 0 aliphatic carbocycles. The quantitative estimate of drug-likeness (QED) is 0.777. The molecular formula is C15H16N4OS. The number of hydrogen-bond donors (Lipinski definition) is 2. The third-order valence-corrected chi connectivity index (χ3v) is 4.34. The normalized spacial score (nSPS) is 12.7. The average Bonchev–Trinajstić information content (AvgIpc) is 2.91. The van der Waals surface area contributed by atoms with Gasteiger partial charge in [-0.25, -0.2) is 9.97 Å². The summed E-state index contributed by atoms with van der Waals surface area (Å²) in [6, 6.07) is 7.47. The second-order valence-corrected chi connectivity index (χ2v) is 6.21. The Labute approximate surface area is 126 Å². The van der Waals surface area contributed by atoms with Gasteiger partial charge in [0.25, 0.3) is 5.56 Å². The molecule has 1 unspecified atom stereocenters. The molecular weight excluding hydrogens is 284 g/mol. The van der Waals surface area contributed by atoms with E-state index >= 15 is 0 Å². The maximum absolute atomic E-state index is 12.0. The van der Waals surface area contributed by atoms with Gasteiger partial charge >= 0.3 is 0 Å². The molecule has 2 heterocycles. The number of aromatic amines is 1. The van der Waals surface area contributed by atoms with Crippen LogP contribution in [0.4, 0.5) is 0 Å². The summed E-state index contributed by atoms with van der Waals surface area (Å²) in [6.07, 6.45) is 1.87. The molecule has 0 aliphatic heterocycles. The van der Waals surface area contributed by atoms with Crippen LogP contribution in [0.15, 0.2) is 35.3 Å². The Morgan fingerprint density at radius 1 is 1.38 bits per heavy atom. The summed E-state index contributed by atoms with van der Waals surface area (Å²) in [5, 5.41) is 4.99. The number of rotatable bonds is 4. The van der Waals surface area contributed by atoms with Crippen molar-refractivity contribution in [2.45, 2.75) is 26.4 Å². The molecule has 0 radical (unpaired) electrons. The lowest BCUT2D eigenvalue weighted by Gasteiger charge is -2.10. The fourth-order valence-electron chi connectivity index (χ4n) is 2.13. The predicted molar refractivity (Wildman–Crippen MR) is 84.5 cm³/mol. The molecule has 0 fully saturated rings. The van der Waals surface area contributed by atoms with Gasteiger partial charge in [-0.2, -0.15) is 0 Å². The molecule has 108 valence electrons. The van der Waals surface area contributed by atoms with Crippen LogP contribution in [0.1, 0.15) is 28.7 Å². The lowest BCUT2D eigenvalue weighted by atomic mass is 10.2. The minimum atomic E-state index is -0.102. The van der Waals surface area contributed by atoms with Crippen molar-refractivity contribution in [1.29, 1.82) is 0 Å². The monoisotopic (exact) mass is 300 g/mol. The summed E-state index contributed by atoms with van der Waals surface area (Å²) in [5.41, 5.74) is 0.617. The number of thiazole rings is 1. The first-order valence-electron chi connectivity index (χ1n) is 6.77. The van der Waals surface area contributed by atoms with Crippen molar-refractivity contribution in [3.8, 4) is 0 Å². The van der Waals surface area contributed by atoms with Crippen molar-refractivity contribution >= 4 is 22.2 Å². The van der Waals surface area contributed by atoms with Gasteiger partial charge in [-0.05, 0) is 26.0 Å². The number of nitrogens with one attached hydrogen (secondary N) is 2. The van der Waals surface area contributed by atoms with Gasteiger partial charge in [-0.3, -0.25) is 4.79 Å². The van der Waals surface area contributed by atoms with Crippen LogP contribution in [0.5, 0.6) is 0 Å². The number of nitrogens with zero attached hydrogens (tertiary/aromatic N) is 2. The Bertz CT molecular complexity index is 824. The van der Waals surface area contributed by atoms with Crippen molar-refractivity contribution in [2.75, 3.05) is 0 Å². The minimum Gasteiger partial charge on any atom is -0.309 e. The van der Waals surface area contributed by atoms with Crippen LogP contribution in [0.3, 0.4) is 0 Å². The lowest BCUT2D eigenvalue weighted by Crippen LogP contribution is -2.22. The lowest BCUT2D eigenvalue weighted by molar-refractivity contribution is 0.557. The van der Waals surface area contributed by atoms with Crippen LogP contribution in [0, 0.1) is 6.92 Å². The van der Waals surface area contributed by atoms with Crippen molar-refractivity contribution < 1.29 is 0 Å². The van der Waals surface area contributed by atoms with Crippen molar-refractivity contribution in [2.24, 2.45) is 0 Å². The number of fused-ring (bicyclic) bond motifs is 1. The summed E-state index contributed by atoms with van der Waals surface area (Å²) < 4.78 is 0. The number of H-pyrrole nitrogens is 1. The molecule has 0 bridgehead atoms. The predicted octanol–water partition coefficient (Wildman–Crippen LogP) is 2.54. The first-order chi connectivity index (χ1) is 10.1. The highest BCUT2D eigenvalue weighted by atomic mass is 32.1. The molecule has 5 nitrogen and oxygen atoms in total. The van der Waals surface area contributed by atoms with E-state index in [-0.39, 0.29) is 11.6 Å². The molecule has 1 aromatic carbocycles. The Morgan fingerprint density at radius 3 is 2.95 bits per heavy atom. The van der Waals surface area contributed by atoms with Crippen molar-refractivity contribution in [3.05, 3.63) is 56.5 Å². The highest BCUT2D eigenvalue weighted by Gasteiger charge is 2.10. The largest absolute Gasteiger partial charge is 0.309 e. The van der Waals surface area contributed by atoms with Crippen LogP contribution in [0.2, 0.25) is 0 Å². The molecule has 0 saturated heterocycles. The maximum atomic E-state index is 12.0. The third-order valence-electron chi connectivity index (χ3n) is 3.25. The molecule has 0 spiro atoms. The average molecular weight is 300 g/mol. The van der Waals surface area contributed by atoms with E-state index in [9.17, 15) is 4.79 Å². The Balaban J connectivity index is 1.77. The molecule has 2 N–H and O–H groups in total. The minimum absolute atomic E-state index is 0.102. The second kappa shape index (κ2) is 5.75. The van der Waals surface area contributed by atoms with E-state index in [0.29, 0.717) is 17.8 Å². The van der Waals surface area contributed by atoms with Crippen molar-refractivity contribution in [1.82, 2.24) is 20.3 Å². The van der Waals surface area contributed by atoms with E-state index < -0.39 is 0 Å². The first kappa shape index (κ1) is 13.9. The standard InChI is InChI=1S/C15H16N4OS/c1-9-7-17-15(21-9)10(2)16-8-13-18-12-6-4-3-5-11(12)14(20)19-13/h3-7,10,16H,8H2,1-2H3,(H,18,19,20). The van der Waals surface area contributed by atoms with E-state index in [1.807, 2.05) is 31.3 Å². The van der Waals surface area contributed by atoms with Crippen LogP contribution < -0.4 is 10.9 Å². The van der Waals surface area contributed by atoms with Gasteiger partial charge in [0.1, 0.15) is 10.8 Å². The topological polar surface area (TPSA) is 70.7 Å². The smallest absolute Gasteiger partial charge is 0.258 e.